The topological polar surface area (TPSA) is 109 Å². The number of esters is 1. The minimum absolute atomic E-state index is 0.0366. The summed E-state index contributed by atoms with van der Waals surface area (Å²) in [6.07, 6.45) is 1.90. The molecule has 10 heteroatoms. The standard InChI is InChI=1S/C24H21ClN4O5/c1-12-18(27-21(34-12)14-5-4-6-15(25)9-14)11-29-22(30)19-16(23(31)33-3)10-17(13-7-8-13)26-20(19)28(2)24(29)32/h4-6,9-10,13H,7-8,11H2,1-3H3. The monoisotopic (exact) mass is 480 g/mol. The third-order valence-electron chi connectivity index (χ3n) is 5.99. The highest BCUT2D eigenvalue weighted by Gasteiger charge is 2.29. The Hall–Kier alpha value is -3.72. The number of rotatable bonds is 5. The molecule has 0 radical (unpaired) electrons. The van der Waals surface area contributed by atoms with Gasteiger partial charge in [0.1, 0.15) is 17.1 Å². The van der Waals surface area contributed by atoms with E-state index in [0.717, 1.165) is 17.4 Å². The van der Waals surface area contributed by atoms with E-state index in [1.165, 1.54) is 18.7 Å². The molecule has 174 valence electrons. The van der Waals surface area contributed by atoms with Gasteiger partial charge in [-0.1, -0.05) is 17.7 Å². The number of aromatic nitrogens is 4. The van der Waals surface area contributed by atoms with E-state index in [9.17, 15) is 14.4 Å². The van der Waals surface area contributed by atoms with Crippen LogP contribution < -0.4 is 11.2 Å². The van der Waals surface area contributed by atoms with Crippen molar-refractivity contribution >= 4 is 28.6 Å². The SMILES string of the molecule is COC(=O)c1cc(C2CC2)nc2c1c(=O)n(Cc1nc(-c3cccc(Cl)c3)oc1C)c(=O)n2C. The first-order valence-electron chi connectivity index (χ1n) is 10.7. The van der Waals surface area contributed by atoms with E-state index < -0.39 is 17.2 Å². The number of oxazole rings is 1. The maximum Gasteiger partial charge on any atom is 0.338 e. The summed E-state index contributed by atoms with van der Waals surface area (Å²) in [6.45, 7) is 1.57. The number of carbonyl (C=O) groups excluding carboxylic acids is 1. The molecular formula is C24H21ClN4O5. The molecule has 4 aromatic rings. The summed E-state index contributed by atoms with van der Waals surface area (Å²) in [6, 6.07) is 8.62. The first-order valence-corrected chi connectivity index (χ1v) is 11.1. The molecule has 0 spiro atoms. The lowest BCUT2D eigenvalue weighted by Crippen LogP contribution is -2.40. The molecule has 1 aliphatic carbocycles. The summed E-state index contributed by atoms with van der Waals surface area (Å²) in [5.41, 5.74) is 0.813. The van der Waals surface area contributed by atoms with Gasteiger partial charge < -0.3 is 9.15 Å². The van der Waals surface area contributed by atoms with Crippen LogP contribution >= 0.6 is 11.6 Å². The van der Waals surface area contributed by atoms with Crippen molar-refractivity contribution in [2.24, 2.45) is 7.05 Å². The van der Waals surface area contributed by atoms with Gasteiger partial charge in [-0.3, -0.25) is 13.9 Å². The fourth-order valence-corrected chi connectivity index (χ4v) is 4.16. The lowest BCUT2D eigenvalue weighted by atomic mass is 10.1. The van der Waals surface area contributed by atoms with E-state index in [1.807, 2.05) is 0 Å². The number of ether oxygens (including phenoxy) is 1. The Morgan fingerprint density at radius 1 is 1.24 bits per heavy atom. The quantitative estimate of drug-likeness (QED) is 0.402. The Labute approximate surface area is 198 Å². The molecule has 0 bridgehead atoms. The number of halogens is 1. The first kappa shape index (κ1) is 22.1. The number of aryl methyl sites for hydroxylation is 2. The van der Waals surface area contributed by atoms with Crippen LogP contribution in [0, 0.1) is 6.92 Å². The highest BCUT2D eigenvalue weighted by Crippen LogP contribution is 2.40. The third kappa shape index (κ3) is 3.71. The van der Waals surface area contributed by atoms with E-state index in [4.69, 9.17) is 20.8 Å². The van der Waals surface area contributed by atoms with Gasteiger partial charge in [0.05, 0.1) is 24.6 Å². The van der Waals surface area contributed by atoms with Crippen LogP contribution in [-0.4, -0.2) is 32.2 Å². The fourth-order valence-electron chi connectivity index (χ4n) is 3.97. The molecule has 1 aromatic carbocycles. The Kier molecular flexibility index (Phi) is 5.36. The number of hydrogen-bond acceptors (Lipinski definition) is 7. The van der Waals surface area contributed by atoms with Crippen LogP contribution in [-0.2, 0) is 18.3 Å². The number of nitrogens with zero attached hydrogens (tertiary/aromatic N) is 4. The molecule has 0 N–H and O–H groups in total. The second kappa shape index (κ2) is 8.25. The molecule has 1 aliphatic rings. The van der Waals surface area contributed by atoms with Crippen LogP contribution in [0.25, 0.3) is 22.5 Å². The molecule has 0 aliphatic heterocycles. The number of benzene rings is 1. The third-order valence-corrected chi connectivity index (χ3v) is 6.22. The Morgan fingerprint density at radius 2 is 2.00 bits per heavy atom. The Balaban J connectivity index is 1.67. The molecule has 3 aromatic heterocycles. The first-order chi connectivity index (χ1) is 16.3. The van der Waals surface area contributed by atoms with E-state index in [2.05, 4.69) is 9.97 Å². The maximum atomic E-state index is 13.5. The largest absolute Gasteiger partial charge is 0.465 e. The number of carbonyl (C=O) groups is 1. The summed E-state index contributed by atoms with van der Waals surface area (Å²) in [5.74, 6) is 0.344. The van der Waals surface area contributed by atoms with Crippen LogP contribution in [0.2, 0.25) is 5.02 Å². The molecule has 1 saturated carbocycles. The summed E-state index contributed by atoms with van der Waals surface area (Å²) >= 11 is 6.07. The lowest BCUT2D eigenvalue weighted by molar-refractivity contribution is 0.0602. The number of fused-ring (bicyclic) bond motifs is 1. The van der Waals surface area contributed by atoms with E-state index >= 15 is 0 Å². The second-order valence-corrected chi connectivity index (χ2v) is 8.76. The molecule has 0 unspecified atom stereocenters. The van der Waals surface area contributed by atoms with Crippen LogP contribution in [0.4, 0.5) is 0 Å². The zero-order valence-electron chi connectivity index (χ0n) is 18.8. The van der Waals surface area contributed by atoms with Gasteiger partial charge >= 0.3 is 11.7 Å². The average molecular weight is 481 g/mol. The van der Waals surface area contributed by atoms with E-state index in [-0.39, 0.29) is 29.1 Å². The molecule has 0 saturated heterocycles. The minimum atomic E-state index is -0.655. The van der Waals surface area contributed by atoms with Crippen LogP contribution in [0.5, 0.6) is 0 Å². The molecule has 1 fully saturated rings. The smallest absolute Gasteiger partial charge is 0.338 e. The van der Waals surface area contributed by atoms with Gasteiger partial charge in [0, 0.05) is 29.2 Å². The highest BCUT2D eigenvalue weighted by molar-refractivity contribution is 6.30. The van der Waals surface area contributed by atoms with Crippen molar-refractivity contribution in [2.75, 3.05) is 7.11 Å². The second-order valence-electron chi connectivity index (χ2n) is 8.32. The minimum Gasteiger partial charge on any atom is -0.465 e. The lowest BCUT2D eigenvalue weighted by Gasteiger charge is -2.13. The van der Waals surface area contributed by atoms with Crippen LogP contribution in [0.1, 0.15) is 46.3 Å². The zero-order valence-corrected chi connectivity index (χ0v) is 19.5. The number of methoxy groups -OCH3 is 1. The summed E-state index contributed by atoms with van der Waals surface area (Å²) < 4.78 is 13.0. The highest BCUT2D eigenvalue weighted by atomic mass is 35.5. The molecule has 3 heterocycles. The Morgan fingerprint density at radius 3 is 2.68 bits per heavy atom. The van der Waals surface area contributed by atoms with Gasteiger partial charge in [-0.05, 0) is 44.0 Å². The molecule has 0 atom stereocenters. The molecule has 5 rings (SSSR count). The Bertz CT molecular complexity index is 1580. The van der Waals surface area contributed by atoms with Gasteiger partial charge in [0.15, 0.2) is 0 Å². The van der Waals surface area contributed by atoms with Crippen molar-refractivity contribution in [3.8, 4) is 11.5 Å². The van der Waals surface area contributed by atoms with E-state index in [0.29, 0.717) is 33.6 Å². The average Bonchev–Trinajstić information content (AvgIpc) is 3.62. The van der Waals surface area contributed by atoms with E-state index in [1.54, 1.807) is 37.3 Å². The summed E-state index contributed by atoms with van der Waals surface area (Å²) in [4.78, 5) is 48.3. The van der Waals surface area contributed by atoms with Gasteiger partial charge in [-0.25, -0.2) is 19.6 Å². The van der Waals surface area contributed by atoms with Gasteiger partial charge in [0.2, 0.25) is 5.89 Å². The van der Waals surface area contributed by atoms with Crippen molar-refractivity contribution in [1.29, 1.82) is 0 Å². The normalized spacial score (nSPS) is 13.4. The zero-order chi connectivity index (χ0) is 24.1. The van der Waals surface area contributed by atoms with Crippen molar-refractivity contribution in [1.82, 2.24) is 19.1 Å². The summed E-state index contributed by atoms with van der Waals surface area (Å²) in [5, 5.41) is 0.567. The predicted octanol–water partition coefficient (Wildman–Crippen LogP) is 3.42. The fraction of sp³-hybridized carbons (Fsp3) is 0.292. The van der Waals surface area contributed by atoms with Crippen molar-refractivity contribution in [2.45, 2.75) is 32.2 Å². The summed E-state index contributed by atoms with van der Waals surface area (Å²) in [7, 11) is 2.78. The number of pyridine rings is 1. The van der Waals surface area contributed by atoms with Crippen LogP contribution in [0.15, 0.2) is 44.3 Å². The van der Waals surface area contributed by atoms with Crippen molar-refractivity contribution < 1.29 is 13.9 Å². The van der Waals surface area contributed by atoms with Crippen molar-refractivity contribution in [3.63, 3.8) is 0 Å². The van der Waals surface area contributed by atoms with Crippen molar-refractivity contribution in [3.05, 3.63) is 78.9 Å². The molecule has 9 nitrogen and oxygen atoms in total. The van der Waals surface area contributed by atoms with Gasteiger partial charge in [-0.2, -0.15) is 0 Å². The molecule has 34 heavy (non-hydrogen) atoms. The van der Waals surface area contributed by atoms with Gasteiger partial charge in [-0.15, -0.1) is 0 Å². The predicted molar refractivity (Wildman–Crippen MR) is 125 cm³/mol. The maximum absolute atomic E-state index is 13.5. The molecular weight excluding hydrogens is 460 g/mol. The molecule has 0 amide bonds. The van der Waals surface area contributed by atoms with Gasteiger partial charge in [0.25, 0.3) is 5.56 Å². The van der Waals surface area contributed by atoms with Crippen LogP contribution in [0.3, 0.4) is 0 Å². The number of hydrogen-bond donors (Lipinski definition) is 0.